The average molecular weight is 328 g/mol. The topological polar surface area (TPSA) is 0 Å². The molecule has 2 heteroatoms. The first-order chi connectivity index (χ1) is 8.70. The van der Waals surface area contributed by atoms with E-state index in [1.165, 1.54) is 43.2 Å². The summed E-state index contributed by atoms with van der Waals surface area (Å²) in [6.45, 7) is 2.04. The van der Waals surface area contributed by atoms with Crippen molar-refractivity contribution in [2.24, 2.45) is 5.92 Å². The van der Waals surface area contributed by atoms with Crippen LogP contribution >= 0.6 is 27.5 Å². The Morgan fingerprint density at radius 2 is 2.06 bits per heavy atom. The molecular formula is C16H20BrCl. The predicted octanol–water partition coefficient (Wildman–Crippen LogP) is 6.01. The van der Waals surface area contributed by atoms with Crippen molar-refractivity contribution in [1.29, 1.82) is 0 Å². The van der Waals surface area contributed by atoms with Crippen molar-refractivity contribution in [1.82, 2.24) is 0 Å². The number of hydrogen-bond donors (Lipinski definition) is 0. The summed E-state index contributed by atoms with van der Waals surface area (Å²) in [5.74, 6) is 0.762. The summed E-state index contributed by atoms with van der Waals surface area (Å²) in [4.78, 5) is 0. The van der Waals surface area contributed by atoms with Crippen molar-refractivity contribution in [2.75, 3.05) is 5.33 Å². The van der Waals surface area contributed by atoms with E-state index < -0.39 is 0 Å². The number of benzene rings is 1. The maximum Gasteiger partial charge on any atom is 0.0441 e. The first-order valence-electron chi connectivity index (χ1n) is 6.73. The van der Waals surface area contributed by atoms with Gasteiger partial charge in [0.25, 0.3) is 0 Å². The fraction of sp³-hybridized carbons (Fsp3) is 0.500. The Bertz CT molecular complexity index is 431. The second kappa shape index (κ2) is 6.77. The maximum absolute atomic E-state index is 6.19. The van der Waals surface area contributed by atoms with E-state index >= 15 is 0 Å². The van der Waals surface area contributed by atoms with Crippen LogP contribution in [-0.2, 0) is 0 Å². The third-order valence-corrected chi connectivity index (χ3v) is 4.89. The van der Waals surface area contributed by atoms with E-state index in [2.05, 4.69) is 40.2 Å². The molecule has 1 aliphatic rings. The van der Waals surface area contributed by atoms with Crippen LogP contribution in [0.3, 0.4) is 0 Å². The van der Waals surface area contributed by atoms with E-state index in [-0.39, 0.29) is 0 Å². The van der Waals surface area contributed by atoms with Gasteiger partial charge in [0.2, 0.25) is 0 Å². The molecule has 18 heavy (non-hydrogen) atoms. The summed E-state index contributed by atoms with van der Waals surface area (Å²) in [6, 6.07) is 6.33. The maximum atomic E-state index is 6.19. The molecule has 98 valence electrons. The van der Waals surface area contributed by atoms with Crippen LogP contribution in [0.1, 0.15) is 43.2 Å². The minimum atomic E-state index is 0.762. The zero-order chi connectivity index (χ0) is 13.0. The fourth-order valence-corrected chi connectivity index (χ4v) is 3.46. The lowest BCUT2D eigenvalue weighted by atomic mass is 9.84. The lowest BCUT2D eigenvalue weighted by Crippen LogP contribution is -2.10. The minimum absolute atomic E-state index is 0.762. The fourth-order valence-electron chi connectivity index (χ4n) is 2.65. The van der Waals surface area contributed by atoms with Crippen LogP contribution in [0.15, 0.2) is 23.8 Å². The van der Waals surface area contributed by atoms with Gasteiger partial charge in [0.15, 0.2) is 0 Å². The highest BCUT2D eigenvalue weighted by Crippen LogP contribution is 2.32. The summed E-state index contributed by atoms with van der Waals surface area (Å²) >= 11 is 9.83. The molecule has 0 N–H and O–H groups in total. The quantitative estimate of drug-likeness (QED) is 0.597. The Kier molecular flexibility index (Phi) is 5.32. The Balaban J connectivity index is 2.19. The van der Waals surface area contributed by atoms with Gasteiger partial charge in [-0.2, -0.15) is 0 Å². The number of halogens is 2. The largest absolute Gasteiger partial charge is 0.0880 e. The van der Waals surface area contributed by atoms with Gasteiger partial charge < -0.3 is 0 Å². The Morgan fingerprint density at radius 1 is 1.33 bits per heavy atom. The van der Waals surface area contributed by atoms with Crippen LogP contribution in [0.25, 0.3) is 6.08 Å². The third kappa shape index (κ3) is 3.61. The molecule has 0 saturated heterocycles. The first kappa shape index (κ1) is 14.1. The smallest absolute Gasteiger partial charge is 0.0441 e. The molecule has 0 spiro atoms. The van der Waals surface area contributed by atoms with E-state index in [1.54, 1.807) is 0 Å². The molecule has 0 radical (unpaired) electrons. The Labute approximate surface area is 124 Å². The molecule has 1 saturated carbocycles. The molecule has 1 fully saturated rings. The van der Waals surface area contributed by atoms with E-state index in [9.17, 15) is 0 Å². The zero-order valence-electron chi connectivity index (χ0n) is 10.9. The normalized spacial score (nSPS) is 18.1. The van der Waals surface area contributed by atoms with E-state index in [0.29, 0.717) is 0 Å². The van der Waals surface area contributed by atoms with Crippen molar-refractivity contribution in [2.45, 2.75) is 39.0 Å². The number of aryl methyl sites for hydroxylation is 1. The molecule has 1 aliphatic carbocycles. The highest BCUT2D eigenvalue weighted by atomic mass is 79.9. The van der Waals surface area contributed by atoms with Crippen LogP contribution < -0.4 is 0 Å². The zero-order valence-corrected chi connectivity index (χ0v) is 13.2. The Morgan fingerprint density at radius 3 is 2.67 bits per heavy atom. The first-order valence-corrected chi connectivity index (χ1v) is 8.23. The minimum Gasteiger partial charge on any atom is -0.0880 e. The van der Waals surface area contributed by atoms with Crippen molar-refractivity contribution in [3.05, 3.63) is 39.9 Å². The molecule has 0 nitrogen and oxygen atoms in total. The van der Waals surface area contributed by atoms with E-state index in [1.807, 2.05) is 6.92 Å². The third-order valence-electron chi connectivity index (χ3n) is 3.83. The van der Waals surface area contributed by atoms with Crippen LogP contribution in [0.2, 0.25) is 5.02 Å². The molecule has 1 aromatic carbocycles. The molecular weight excluding hydrogens is 308 g/mol. The highest BCUT2D eigenvalue weighted by molar-refractivity contribution is 9.09. The second-order valence-electron chi connectivity index (χ2n) is 5.20. The number of hydrogen-bond acceptors (Lipinski definition) is 0. The molecule has 0 atom stereocenters. The molecule has 0 heterocycles. The van der Waals surface area contributed by atoms with Gasteiger partial charge in [0.1, 0.15) is 0 Å². The summed E-state index contributed by atoms with van der Waals surface area (Å²) in [7, 11) is 0. The lowest BCUT2D eigenvalue weighted by Gasteiger charge is -2.23. The number of alkyl halides is 1. The van der Waals surface area contributed by atoms with Crippen LogP contribution in [-0.4, -0.2) is 5.33 Å². The number of rotatable bonds is 3. The molecule has 0 amide bonds. The van der Waals surface area contributed by atoms with Crippen molar-refractivity contribution in [3.8, 4) is 0 Å². The van der Waals surface area contributed by atoms with Gasteiger partial charge in [0.05, 0.1) is 0 Å². The summed E-state index contributed by atoms with van der Waals surface area (Å²) < 4.78 is 0. The van der Waals surface area contributed by atoms with Crippen LogP contribution in [0, 0.1) is 12.8 Å². The Hall–Kier alpha value is -0.270. The van der Waals surface area contributed by atoms with E-state index in [4.69, 9.17) is 11.6 Å². The van der Waals surface area contributed by atoms with Gasteiger partial charge in [-0.25, -0.2) is 0 Å². The molecule has 1 aromatic rings. The predicted molar refractivity (Wildman–Crippen MR) is 84.5 cm³/mol. The van der Waals surface area contributed by atoms with Gasteiger partial charge in [0, 0.05) is 10.4 Å². The van der Waals surface area contributed by atoms with Gasteiger partial charge in [-0.05, 0) is 42.9 Å². The van der Waals surface area contributed by atoms with Gasteiger partial charge >= 0.3 is 0 Å². The second-order valence-corrected chi connectivity index (χ2v) is 6.16. The van der Waals surface area contributed by atoms with Gasteiger partial charge in [-0.1, -0.05) is 70.6 Å². The van der Waals surface area contributed by atoms with E-state index in [0.717, 1.165) is 21.8 Å². The van der Waals surface area contributed by atoms with Crippen molar-refractivity contribution in [3.63, 3.8) is 0 Å². The number of allylic oxidation sites excluding steroid dienone is 1. The SMILES string of the molecule is Cc1ccc(/C=C(/CBr)C2CCCCC2)cc1Cl. The van der Waals surface area contributed by atoms with Crippen molar-refractivity contribution < 1.29 is 0 Å². The van der Waals surface area contributed by atoms with Crippen molar-refractivity contribution >= 4 is 33.6 Å². The van der Waals surface area contributed by atoms with Crippen LogP contribution in [0.5, 0.6) is 0 Å². The average Bonchev–Trinajstić information content (AvgIpc) is 2.41. The summed E-state index contributed by atoms with van der Waals surface area (Å²) in [6.07, 6.45) is 9.17. The molecule has 0 bridgehead atoms. The highest BCUT2D eigenvalue weighted by Gasteiger charge is 2.16. The molecule has 0 aliphatic heterocycles. The summed E-state index contributed by atoms with van der Waals surface area (Å²) in [5.41, 5.74) is 3.90. The van der Waals surface area contributed by atoms with Crippen LogP contribution in [0.4, 0.5) is 0 Å². The molecule has 0 unspecified atom stereocenters. The molecule has 2 rings (SSSR count). The monoisotopic (exact) mass is 326 g/mol. The summed E-state index contributed by atoms with van der Waals surface area (Å²) in [5, 5.41) is 1.84. The van der Waals surface area contributed by atoms with Gasteiger partial charge in [-0.15, -0.1) is 0 Å². The van der Waals surface area contributed by atoms with Gasteiger partial charge in [-0.3, -0.25) is 0 Å². The lowest BCUT2D eigenvalue weighted by molar-refractivity contribution is 0.405. The molecule has 0 aromatic heterocycles. The standard InChI is InChI=1S/C16H20BrCl/c1-12-7-8-13(10-16(12)18)9-15(11-17)14-5-3-2-4-6-14/h7-10,14H,2-6,11H2,1H3/b15-9-.